The first-order chi connectivity index (χ1) is 16.5. The maximum Gasteiger partial charge on any atom is 0.416 e. The van der Waals surface area contributed by atoms with E-state index in [1.165, 1.54) is 11.8 Å². The number of aryl methyl sites for hydroxylation is 2. The van der Waals surface area contributed by atoms with Gasteiger partial charge in [-0.15, -0.1) is 0 Å². The second-order valence-electron chi connectivity index (χ2n) is 8.43. The Morgan fingerprint density at radius 3 is 2.43 bits per heavy atom. The van der Waals surface area contributed by atoms with Crippen molar-refractivity contribution < 1.29 is 22.8 Å². The zero-order valence-electron chi connectivity index (χ0n) is 21.5. The van der Waals surface area contributed by atoms with Crippen LogP contribution in [0, 0.1) is 13.8 Å². The van der Waals surface area contributed by atoms with Crippen LogP contribution in [0.5, 0.6) is 0 Å². The lowest BCUT2D eigenvalue weighted by molar-refractivity contribution is -0.137. The van der Waals surface area contributed by atoms with Gasteiger partial charge in [0.15, 0.2) is 0 Å². The number of rotatable bonds is 6. The van der Waals surface area contributed by atoms with Gasteiger partial charge in [0, 0.05) is 32.8 Å². The van der Waals surface area contributed by atoms with Gasteiger partial charge in [-0.1, -0.05) is 32.9 Å². The van der Waals surface area contributed by atoms with Crippen molar-refractivity contribution >= 4 is 29.0 Å². The molecule has 2 aromatic rings. The molecule has 35 heavy (non-hydrogen) atoms. The lowest BCUT2D eigenvalue weighted by atomic mass is 10.1. The van der Waals surface area contributed by atoms with E-state index >= 15 is 0 Å². The highest BCUT2D eigenvalue weighted by Crippen LogP contribution is 2.36. The average Bonchev–Trinajstić information content (AvgIpc) is 3.19. The highest BCUT2D eigenvalue weighted by Gasteiger charge is 2.41. The SMILES string of the molecule is CC.CCCN(C)c1c(C)cccc1N(C)C(=O)[C@@H]1CCC(=O)N1c1cc(C(F)(F)F)cc(C)n1. The molecule has 0 N–H and O–H groups in total. The van der Waals surface area contributed by atoms with Crippen LogP contribution in [0.15, 0.2) is 30.3 Å². The van der Waals surface area contributed by atoms with Crippen LogP contribution in [-0.2, 0) is 15.8 Å². The van der Waals surface area contributed by atoms with Crippen molar-refractivity contribution in [2.75, 3.05) is 35.3 Å². The Balaban J connectivity index is 0.00000210. The first-order valence-electron chi connectivity index (χ1n) is 11.9. The smallest absolute Gasteiger partial charge is 0.373 e. The van der Waals surface area contributed by atoms with Crippen LogP contribution in [0.25, 0.3) is 0 Å². The first kappa shape index (κ1) is 28.1. The molecular formula is C26H35F3N4O2. The fourth-order valence-electron chi connectivity index (χ4n) is 4.34. The standard InChI is InChI=1S/C24H29F3N4O2.C2H6/c1-6-12-29(4)22-15(2)8-7-9-18(22)30(5)23(33)19-10-11-21(32)31(19)20-14-17(24(25,26)27)13-16(3)28-20;1-2/h7-9,13-14,19H,6,10-12H2,1-5H3;1-2H3/t19-;/m0./s1. The molecule has 1 aromatic heterocycles. The van der Waals surface area contributed by atoms with E-state index in [0.717, 1.165) is 41.2 Å². The molecule has 0 spiro atoms. The molecular weight excluding hydrogens is 457 g/mol. The minimum absolute atomic E-state index is 0.0671. The largest absolute Gasteiger partial charge is 0.416 e. The van der Waals surface area contributed by atoms with Gasteiger partial charge < -0.3 is 9.80 Å². The van der Waals surface area contributed by atoms with Crippen molar-refractivity contribution in [3.05, 3.63) is 47.2 Å². The summed E-state index contributed by atoms with van der Waals surface area (Å²) >= 11 is 0. The molecule has 0 saturated carbocycles. The summed E-state index contributed by atoms with van der Waals surface area (Å²) < 4.78 is 40.0. The quantitative estimate of drug-likeness (QED) is 0.515. The van der Waals surface area contributed by atoms with Crippen LogP contribution in [0.4, 0.5) is 30.4 Å². The van der Waals surface area contributed by atoms with Gasteiger partial charge in [0.05, 0.1) is 16.9 Å². The maximum absolute atomic E-state index is 13.5. The van der Waals surface area contributed by atoms with E-state index in [-0.39, 0.29) is 30.3 Å². The van der Waals surface area contributed by atoms with E-state index in [2.05, 4.69) is 16.8 Å². The molecule has 0 radical (unpaired) electrons. The number of carbonyl (C=O) groups excluding carboxylic acids is 2. The minimum Gasteiger partial charge on any atom is -0.373 e. The molecule has 2 heterocycles. The van der Waals surface area contributed by atoms with E-state index in [4.69, 9.17) is 0 Å². The number of alkyl halides is 3. The molecule has 2 amide bonds. The number of hydrogen-bond acceptors (Lipinski definition) is 4. The number of nitrogens with zero attached hydrogens (tertiary/aromatic N) is 4. The van der Waals surface area contributed by atoms with Crippen molar-refractivity contribution in [3.8, 4) is 0 Å². The third kappa shape index (κ3) is 6.13. The highest BCUT2D eigenvalue weighted by atomic mass is 19.4. The number of hydrogen-bond donors (Lipinski definition) is 0. The molecule has 1 saturated heterocycles. The summed E-state index contributed by atoms with van der Waals surface area (Å²) in [7, 11) is 3.58. The zero-order chi connectivity index (χ0) is 26.5. The van der Waals surface area contributed by atoms with Gasteiger partial charge in [-0.2, -0.15) is 13.2 Å². The zero-order valence-corrected chi connectivity index (χ0v) is 21.5. The first-order valence-corrected chi connectivity index (χ1v) is 11.9. The number of para-hydroxylation sites is 1. The average molecular weight is 493 g/mol. The van der Waals surface area contributed by atoms with Crippen molar-refractivity contribution in [1.82, 2.24) is 4.98 Å². The number of carbonyl (C=O) groups is 2. The molecule has 9 heteroatoms. The Hall–Kier alpha value is -3.10. The molecule has 1 aliphatic heterocycles. The van der Waals surface area contributed by atoms with E-state index in [0.29, 0.717) is 5.69 Å². The lowest BCUT2D eigenvalue weighted by Gasteiger charge is -2.31. The van der Waals surface area contributed by atoms with Crippen molar-refractivity contribution in [2.45, 2.75) is 66.1 Å². The Bertz CT molecular complexity index is 1060. The summed E-state index contributed by atoms with van der Waals surface area (Å²) in [6.07, 6.45) is -3.38. The summed E-state index contributed by atoms with van der Waals surface area (Å²) in [6.45, 7) is 10.3. The van der Waals surface area contributed by atoms with Crippen molar-refractivity contribution in [3.63, 3.8) is 0 Å². The topological polar surface area (TPSA) is 56.8 Å². The maximum atomic E-state index is 13.5. The van der Waals surface area contributed by atoms with Crippen LogP contribution >= 0.6 is 0 Å². The molecule has 0 aliphatic carbocycles. The molecule has 0 unspecified atom stereocenters. The Kier molecular flexibility index (Phi) is 9.29. The highest BCUT2D eigenvalue weighted by molar-refractivity contribution is 6.09. The Morgan fingerprint density at radius 2 is 1.83 bits per heavy atom. The number of aromatic nitrogens is 1. The molecule has 192 valence electrons. The second kappa shape index (κ2) is 11.6. The number of likely N-dealkylation sites (N-methyl/N-ethyl adjacent to an activating group) is 1. The molecule has 1 aromatic carbocycles. The number of amides is 2. The monoisotopic (exact) mass is 492 g/mol. The summed E-state index contributed by atoms with van der Waals surface area (Å²) in [4.78, 5) is 35.0. The van der Waals surface area contributed by atoms with Crippen LogP contribution in [0.1, 0.15) is 56.9 Å². The molecule has 1 aliphatic rings. The number of anilines is 3. The van der Waals surface area contributed by atoms with Crippen molar-refractivity contribution in [1.29, 1.82) is 0 Å². The predicted molar refractivity (Wildman–Crippen MR) is 134 cm³/mol. The lowest BCUT2D eigenvalue weighted by Crippen LogP contribution is -2.46. The molecule has 1 atom stereocenters. The van der Waals surface area contributed by atoms with Crippen LogP contribution in [-0.4, -0.2) is 43.5 Å². The fourth-order valence-corrected chi connectivity index (χ4v) is 4.34. The van der Waals surface area contributed by atoms with Crippen LogP contribution in [0.2, 0.25) is 0 Å². The van der Waals surface area contributed by atoms with Gasteiger partial charge in [-0.05, 0) is 50.5 Å². The number of pyridine rings is 1. The summed E-state index contributed by atoms with van der Waals surface area (Å²) in [5, 5.41) is 0. The minimum atomic E-state index is -4.58. The Morgan fingerprint density at radius 1 is 1.17 bits per heavy atom. The molecule has 3 rings (SSSR count). The summed E-state index contributed by atoms with van der Waals surface area (Å²) in [5.41, 5.74) is 1.81. The van der Waals surface area contributed by atoms with Gasteiger partial charge in [0.25, 0.3) is 0 Å². The predicted octanol–water partition coefficient (Wildman–Crippen LogP) is 5.75. The number of halogens is 3. The van der Waals surface area contributed by atoms with Crippen molar-refractivity contribution in [2.24, 2.45) is 0 Å². The van der Waals surface area contributed by atoms with Gasteiger partial charge in [0.1, 0.15) is 11.9 Å². The van der Waals surface area contributed by atoms with Crippen LogP contribution < -0.4 is 14.7 Å². The van der Waals surface area contributed by atoms with Gasteiger partial charge >= 0.3 is 6.18 Å². The molecule has 1 fully saturated rings. The van der Waals surface area contributed by atoms with Gasteiger partial charge in [-0.3, -0.25) is 14.5 Å². The second-order valence-corrected chi connectivity index (χ2v) is 8.43. The van der Waals surface area contributed by atoms with E-state index in [1.807, 2.05) is 46.0 Å². The summed E-state index contributed by atoms with van der Waals surface area (Å²) in [6, 6.07) is 6.49. The van der Waals surface area contributed by atoms with Gasteiger partial charge in [-0.25, -0.2) is 4.98 Å². The molecule has 6 nitrogen and oxygen atoms in total. The normalized spacial score (nSPS) is 15.5. The third-order valence-electron chi connectivity index (χ3n) is 5.86. The van der Waals surface area contributed by atoms with E-state index in [9.17, 15) is 22.8 Å². The van der Waals surface area contributed by atoms with E-state index in [1.54, 1.807) is 7.05 Å². The number of benzene rings is 1. The van der Waals surface area contributed by atoms with Crippen LogP contribution in [0.3, 0.4) is 0 Å². The van der Waals surface area contributed by atoms with Gasteiger partial charge in [0.2, 0.25) is 11.8 Å². The molecule has 0 bridgehead atoms. The van der Waals surface area contributed by atoms with E-state index < -0.39 is 23.7 Å². The third-order valence-corrected chi connectivity index (χ3v) is 5.86. The summed E-state index contributed by atoms with van der Waals surface area (Å²) in [5.74, 6) is -0.931. The Labute approximate surface area is 205 Å². The fraction of sp³-hybridized carbons (Fsp3) is 0.500.